The highest BCUT2D eigenvalue weighted by atomic mass is 16.5. The lowest BCUT2D eigenvalue weighted by molar-refractivity contribution is -0.0670. The third kappa shape index (κ3) is 1.01. The third-order valence-corrected chi connectivity index (χ3v) is 2.65. The van der Waals surface area contributed by atoms with E-state index in [0.29, 0.717) is 10.7 Å². The third-order valence-electron chi connectivity index (χ3n) is 2.65. The fourth-order valence-corrected chi connectivity index (χ4v) is 0.841. The van der Waals surface area contributed by atoms with Gasteiger partial charge in [-0.2, -0.15) is 0 Å². The molecule has 9 heavy (non-hydrogen) atoms. The zero-order valence-electron chi connectivity index (χ0n) is 6.82. The summed E-state index contributed by atoms with van der Waals surface area (Å²) < 4.78 is 5.16. The molecule has 0 spiro atoms. The maximum absolute atomic E-state index is 5.16. The van der Waals surface area contributed by atoms with E-state index in [1.54, 1.807) is 0 Å². The number of hydrogen-bond acceptors (Lipinski definition) is 1. The molecule has 0 unspecified atom stereocenters. The molecule has 0 N–H and O–H groups in total. The molecular weight excluding hydrogens is 111 g/mol. The van der Waals surface area contributed by atoms with Crippen LogP contribution in [-0.4, -0.2) is 21.1 Å². The molecule has 1 rings (SSSR count). The second-order valence-corrected chi connectivity index (χ2v) is 4.30. The van der Waals surface area contributed by atoms with Crippen molar-refractivity contribution in [1.29, 1.82) is 0 Å². The molecule has 0 radical (unpaired) electrons. The van der Waals surface area contributed by atoms with Crippen LogP contribution in [0.15, 0.2) is 0 Å². The van der Waals surface area contributed by atoms with E-state index in [1.807, 2.05) is 0 Å². The molecule has 0 bridgehead atoms. The maximum atomic E-state index is 5.16. The van der Waals surface area contributed by atoms with Gasteiger partial charge in [-0.25, -0.2) is 0 Å². The lowest BCUT2D eigenvalue weighted by atomic mass is 9.53. The predicted octanol–water partition coefficient (Wildman–Crippen LogP) is 0.855. The van der Waals surface area contributed by atoms with Gasteiger partial charge in [0.2, 0.25) is 0 Å². The Bertz CT molecular complexity index is 111. The van der Waals surface area contributed by atoms with Crippen LogP contribution in [-0.2, 0) is 4.74 Å². The average Bonchev–Trinajstić information content (AvgIpc) is 1.57. The van der Waals surface area contributed by atoms with Crippen molar-refractivity contribution < 1.29 is 4.74 Å². The van der Waals surface area contributed by atoms with Crippen LogP contribution in [0.1, 0.15) is 20.8 Å². The molecule has 1 aliphatic heterocycles. The first-order chi connectivity index (χ1) is 3.96. The molecule has 0 aromatic heterocycles. The average molecular weight is 126 g/mol. The maximum Gasteiger partial charge on any atom is 0.116 e. The van der Waals surface area contributed by atoms with Gasteiger partial charge >= 0.3 is 0 Å². The summed E-state index contributed by atoms with van der Waals surface area (Å²) in [6, 6.07) is 0. The van der Waals surface area contributed by atoms with E-state index >= 15 is 0 Å². The molecule has 1 saturated heterocycles. The van der Waals surface area contributed by atoms with Gasteiger partial charge < -0.3 is 4.74 Å². The zero-order chi connectivity index (χ0) is 7.12. The highest BCUT2D eigenvalue weighted by Gasteiger charge is 2.43. The van der Waals surface area contributed by atoms with E-state index in [4.69, 9.17) is 4.74 Å². The number of hydrogen-bond donors (Lipinski definition) is 0. The SMILES string of the molecule is BC1(C(C)(C)C)COC1. The normalized spacial score (nSPS) is 25.2. The Morgan fingerprint density at radius 2 is 1.78 bits per heavy atom. The van der Waals surface area contributed by atoms with Crippen molar-refractivity contribution in [3.63, 3.8) is 0 Å². The predicted molar refractivity (Wildman–Crippen MR) is 41.5 cm³/mol. The van der Waals surface area contributed by atoms with Gasteiger partial charge in [-0.15, -0.1) is 0 Å². The smallest absolute Gasteiger partial charge is 0.116 e. The summed E-state index contributed by atoms with van der Waals surface area (Å²) in [5.41, 5.74) is 0.408. The zero-order valence-corrected chi connectivity index (χ0v) is 6.82. The van der Waals surface area contributed by atoms with Crippen LogP contribution >= 0.6 is 0 Å². The fraction of sp³-hybridized carbons (Fsp3) is 1.00. The van der Waals surface area contributed by atoms with E-state index in [2.05, 4.69) is 28.6 Å². The highest BCUT2D eigenvalue weighted by molar-refractivity contribution is 6.16. The van der Waals surface area contributed by atoms with Gasteiger partial charge in [0.05, 0.1) is 0 Å². The standard InChI is InChI=1S/C7H15BO/c1-6(2,3)7(8)4-9-5-7/h4-5,8H2,1-3H3. The van der Waals surface area contributed by atoms with Crippen molar-refractivity contribution in [1.82, 2.24) is 0 Å². The lowest BCUT2D eigenvalue weighted by Gasteiger charge is -2.48. The summed E-state index contributed by atoms with van der Waals surface area (Å²) in [4.78, 5) is 0. The van der Waals surface area contributed by atoms with Crippen LogP contribution in [0.4, 0.5) is 0 Å². The Hall–Kier alpha value is 0.0249. The molecule has 0 aromatic carbocycles. The van der Waals surface area contributed by atoms with Crippen molar-refractivity contribution >= 4 is 7.85 Å². The van der Waals surface area contributed by atoms with Crippen LogP contribution in [0.3, 0.4) is 0 Å². The van der Waals surface area contributed by atoms with Gasteiger partial charge in [0.15, 0.2) is 0 Å². The van der Waals surface area contributed by atoms with E-state index in [9.17, 15) is 0 Å². The van der Waals surface area contributed by atoms with E-state index in [1.165, 1.54) is 0 Å². The summed E-state index contributed by atoms with van der Waals surface area (Å²) in [5.74, 6) is 0. The molecule has 52 valence electrons. The Labute approximate surface area is 58.2 Å². The van der Waals surface area contributed by atoms with Gasteiger partial charge in [0, 0.05) is 13.2 Å². The summed E-state index contributed by atoms with van der Waals surface area (Å²) in [6.07, 6.45) is 0. The summed E-state index contributed by atoms with van der Waals surface area (Å²) in [7, 11) is 2.29. The quantitative estimate of drug-likeness (QED) is 0.437. The summed E-state index contributed by atoms with van der Waals surface area (Å²) in [5, 5.41) is 0.438. The molecule has 1 nitrogen and oxygen atoms in total. The molecule has 0 atom stereocenters. The minimum absolute atomic E-state index is 0.408. The monoisotopic (exact) mass is 126 g/mol. The first kappa shape index (κ1) is 7.14. The molecule has 0 aliphatic carbocycles. The van der Waals surface area contributed by atoms with E-state index in [0.717, 1.165) is 13.2 Å². The van der Waals surface area contributed by atoms with Gasteiger partial charge in [0.25, 0.3) is 0 Å². The molecule has 1 heterocycles. The van der Waals surface area contributed by atoms with Crippen molar-refractivity contribution in [3.05, 3.63) is 0 Å². The summed E-state index contributed by atoms with van der Waals surface area (Å²) in [6.45, 7) is 8.70. The van der Waals surface area contributed by atoms with Gasteiger partial charge in [-0.3, -0.25) is 0 Å². The van der Waals surface area contributed by atoms with Crippen molar-refractivity contribution in [2.24, 2.45) is 5.41 Å². The molecular formula is C7H15BO. The fourth-order valence-electron chi connectivity index (χ4n) is 0.841. The van der Waals surface area contributed by atoms with E-state index < -0.39 is 0 Å². The Morgan fingerprint density at radius 1 is 1.33 bits per heavy atom. The molecule has 0 aromatic rings. The molecule has 1 aliphatic rings. The van der Waals surface area contributed by atoms with Crippen molar-refractivity contribution in [2.75, 3.05) is 13.2 Å². The Morgan fingerprint density at radius 3 is 1.78 bits per heavy atom. The van der Waals surface area contributed by atoms with Crippen LogP contribution in [0.25, 0.3) is 0 Å². The summed E-state index contributed by atoms with van der Waals surface area (Å²) >= 11 is 0. The van der Waals surface area contributed by atoms with Gasteiger partial charge in [0.1, 0.15) is 7.85 Å². The van der Waals surface area contributed by atoms with Crippen LogP contribution in [0.5, 0.6) is 0 Å². The van der Waals surface area contributed by atoms with Gasteiger partial charge in [-0.1, -0.05) is 20.8 Å². The molecule has 2 heteroatoms. The number of rotatable bonds is 0. The Balaban J connectivity index is 2.59. The highest BCUT2D eigenvalue weighted by Crippen LogP contribution is 2.48. The minimum atomic E-state index is 0.408. The van der Waals surface area contributed by atoms with E-state index in [-0.39, 0.29) is 0 Å². The van der Waals surface area contributed by atoms with Crippen molar-refractivity contribution in [3.8, 4) is 0 Å². The largest absolute Gasteiger partial charge is 0.382 e. The van der Waals surface area contributed by atoms with Crippen LogP contribution in [0.2, 0.25) is 5.31 Å². The van der Waals surface area contributed by atoms with Crippen LogP contribution < -0.4 is 0 Å². The number of ether oxygens (including phenoxy) is 1. The van der Waals surface area contributed by atoms with Crippen LogP contribution in [0, 0.1) is 5.41 Å². The van der Waals surface area contributed by atoms with Crippen molar-refractivity contribution in [2.45, 2.75) is 26.1 Å². The molecule has 1 fully saturated rings. The first-order valence-corrected chi connectivity index (χ1v) is 3.53. The lowest BCUT2D eigenvalue weighted by Crippen LogP contribution is -2.45. The van der Waals surface area contributed by atoms with Gasteiger partial charge in [-0.05, 0) is 10.7 Å². The first-order valence-electron chi connectivity index (χ1n) is 3.53. The Kier molecular flexibility index (Phi) is 1.39. The minimum Gasteiger partial charge on any atom is -0.382 e. The second kappa shape index (κ2) is 1.75. The molecule has 0 amide bonds. The topological polar surface area (TPSA) is 9.23 Å². The molecule has 0 saturated carbocycles. The second-order valence-electron chi connectivity index (χ2n) is 4.30.